The first kappa shape index (κ1) is 16.3. The first-order valence-electron chi connectivity index (χ1n) is 8.52. The van der Waals surface area contributed by atoms with Crippen LogP contribution in [0.15, 0.2) is 48.7 Å². The molecular weight excluding hydrogens is 330 g/mol. The van der Waals surface area contributed by atoms with Crippen molar-refractivity contribution in [1.29, 1.82) is 0 Å². The van der Waals surface area contributed by atoms with Crippen LogP contribution in [0, 0.1) is 5.92 Å². The highest BCUT2D eigenvalue weighted by Crippen LogP contribution is 2.19. The minimum atomic E-state index is -0.283. The first-order chi connectivity index (χ1) is 12.6. The Morgan fingerprint density at radius 3 is 2.73 bits per heavy atom. The Morgan fingerprint density at radius 1 is 1.19 bits per heavy atom. The molecule has 0 radical (unpaired) electrons. The van der Waals surface area contributed by atoms with Gasteiger partial charge in [0, 0.05) is 38.3 Å². The summed E-state index contributed by atoms with van der Waals surface area (Å²) in [7, 11) is 1.72. The smallest absolute Gasteiger partial charge is 0.229 e. The van der Waals surface area contributed by atoms with Gasteiger partial charge in [0.1, 0.15) is 5.82 Å². The van der Waals surface area contributed by atoms with Crippen LogP contribution in [0.2, 0.25) is 0 Å². The van der Waals surface area contributed by atoms with E-state index in [1.807, 2.05) is 53.1 Å². The minimum Gasteiger partial charge on any atom is -0.345 e. The molecular formula is C19H19N5O2. The summed E-state index contributed by atoms with van der Waals surface area (Å²) in [4.78, 5) is 25.4. The monoisotopic (exact) mass is 349 g/mol. The molecule has 1 aliphatic rings. The summed E-state index contributed by atoms with van der Waals surface area (Å²) >= 11 is 0. The van der Waals surface area contributed by atoms with Crippen LogP contribution in [-0.2, 0) is 16.0 Å². The predicted octanol–water partition coefficient (Wildman–Crippen LogP) is 1.74. The maximum Gasteiger partial charge on any atom is 0.229 e. The molecule has 0 spiro atoms. The molecule has 1 saturated heterocycles. The average molecular weight is 349 g/mol. The van der Waals surface area contributed by atoms with Gasteiger partial charge in [0.25, 0.3) is 0 Å². The molecule has 1 aliphatic heterocycles. The van der Waals surface area contributed by atoms with Crippen molar-refractivity contribution in [1.82, 2.24) is 19.5 Å². The standard InChI is InChI=1S/C19H19N5O2/c1-23-12-14(11-18(23)25)19(26)20-15-7-5-13(6-8-15)10-17-22-21-16-4-2-3-9-24(16)17/h2-9,14H,10-12H2,1H3,(H,20,26)/t14-/m1/s1. The maximum absolute atomic E-state index is 12.3. The number of nitrogens with one attached hydrogen (secondary N) is 1. The number of carbonyl (C=O) groups is 2. The summed E-state index contributed by atoms with van der Waals surface area (Å²) in [5.74, 6) is 0.486. The Kier molecular flexibility index (Phi) is 4.12. The van der Waals surface area contributed by atoms with E-state index in [2.05, 4.69) is 15.5 Å². The average Bonchev–Trinajstić information content (AvgIpc) is 3.20. The molecule has 2 aromatic heterocycles. The summed E-state index contributed by atoms with van der Waals surface area (Å²) in [6.45, 7) is 0.475. The topological polar surface area (TPSA) is 79.6 Å². The van der Waals surface area contributed by atoms with Crippen LogP contribution in [-0.4, -0.2) is 44.9 Å². The number of rotatable bonds is 4. The van der Waals surface area contributed by atoms with Crippen LogP contribution in [0.5, 0.6) is 0 Å². The number of carbonyl (C=O) groups excluding carboxylic acids is 2. The third kappa shape index (κ3) is 3.15. The van der Waals surface area contributed by atoms with Gasteiger partial charge in [-0.15, -0.1) is 10.2 Å². The normalized spacial score (nSPS) is 17.0. The van der Waals surface area contributed by atoms with Crippen molar-refractivity contribution < 1.29 is 9.59 Å². The van der Waals surface area contributed by atoms with Crippen molar-refractivity contribution >= 4 is 23.1 Å². The second-order valence-corrected chi connectivity index (χ2v) is 6.58. The molecule has 7 heteroatoms. The van der Waals surface area contributed by atoms with E-state index in [9.17, 15) is 9.59 Å². The second kappa shape index (κ2) is 6.59. The summed E-state index contributed by atoms with van der Waals surface area (Å²) < 4.78 is 1.96. The molecule has 1 atom stereocenters. The van der Waals surface area contributed by atoms with E-state index >= 15 is 0 Å². The highest BCUT2D eigenvalue weighted by atomic mass is 16.2. The van der Waals surface area contributed by atoms with Gasteiger partial charge in [-0.1, -0.05) is 18.2 Å². The third-order valence-corrected chi connectivity index (χ3v) is 4.68. The van der Waals surface area contributed by atoms with E-state index in [-0.39, 0.29) is 24.2 Å². The highest BCUT2D eigenvalue weighted by molar-refractivity contribution is 5.97. The van der Waals surface area contributed by atoms with Crippen molar-refractivity contribution in [2.75, 3.05) is 18.9 Å². The molecule has 1 fully saturated rings. The number of amides is 2. The zero-order chi connectivity index (χ0) is 18.1. The van der Waals surface area contributed by atoms with E-state index in [0.29, 0.717) is 13.0 Å². The summed E-state index contributed by atoms with van der Waals surface area (Å²) in [6, 6.07) is 13.5. The molecule has 0 saturated carbocycles. The summed E-state index contributed by atoms with van der Waals surface area (Å²) in [5, 5.41) is 11.3. The van der Waals surface area contributed by atoms with Gasteiger partial charge in [-0.2, -0.15) is 0 Å². The lowest BCUT2D eigenvalue weighted by Crippen LogP contribution is -2.25. The van der Waals surface area contributed by atoms with Gasteiger partial charge in [0.2, 0.25) is 11.8 Å². The van der Waals surface area contributed by atoms with Gasteiger partial charge in [-0.05, 0) is 29.8 Å². The van der Waals surface area contributed by atoms with Gasteiger partial charge in [-0.3, -0.25) is 14.0 Å². The maximum atomic E-state index is 12.3. The summed E-state index contributed by atoms with van der Waals surface area (Å²) in [5.41, 5.74) is 2.63. The van der Waals surface area contributed by atoms with Crippen molar-refractivity contribution in [3.05, 3.63) is 60.0 Å². The molecule has 3 aromatic rings. The number of hydrogen-bond donors (Lipinski definition) is 1. The molecule has 0 aliphatic carbocycles. The Bertz CT molecular complexity index is 963. The number of benzene rings is 1. The molecule has 132 valence electrons. The van der Waals surface area contributed by atoms with Gasteiger partial charge in [0.15, 0.2) is 5.65 Å². The van der Waals surface area contributed by atoms with Crippen molar-refractivity contribution in [3.63, 3.8) is 0 Å². The lowest BCUT2D eigenvalue weighted by Gasteiger charge is -2.11. The molecule has 1 N–H and O–H groups in total. The fraction of sp³-hybridized carbons (Fsp3) is 0.263. The Labute approximate surface area is 150 Å². The van der Waals surface area contributed by atoms with Crippen molar-refractivity contribution in [2.24, 2.45) is 5.92 Å². The van der Waals surface area contributed by atoms with E-state index in [0.717, 1.165) is 22.7 Å². The highest BCUT2D eigenvalue weighted by Gasteiger charge is 2.32. The SMILES string of the molecule is CN1C[C@H](C(=O)Nc2ccc(Cc3nnc4ccccn34)cc2)CC1=O. The van der Waals surface area contributed by atoms with Crippen molar-refractivity contribution in [3.8, 4) is 0 Å². The Morgan fingerprint density at radius 2 is 2.00 bits per heavy atom. The zero-order valence-electron chi connectivity index (χ0n) is 14.4. The number of anilines is 1. The van der Waals surface area contributed by atoms with Crippen LogP contribution in [0.3, 0.4) is 0 Å². The van der Waals surface area contributed by atoms with Crippen molar-refractivity contribution in [2.45, 2.75) is 12.8 Å². The number of likely N-dealkylation sites (tertiary alicyclic amines) is 1. The van der Waals surface area contributed by atoms with E-state index in [4.69, 9.17) is 0 Å². The van der Waals surface area contributed by atoms with E-state index in [1.54, 1.807) is 11.9 Å². The predicted molar refractivity (Wildman–Crippen MR) is 96.6 cm³/mol. The fourth-order valence-corrected chi connectivity index (χ4v) is 3.18. The number of aromatic nitrogens is 3. The Hall–Kier alpha value is -3.22. The molecule has 0 unspecified atom stereocenters. The molecule has 3 heterocycles. The van der Waals surface area contributed by atoms with Crippen LogP contribution >= 0.6 is 0 Å². The van der Waals surface area contributed by atoms with Crippen LogP contribution in [0.1, 0.15) is 17.8 Å². The van der Waals surface area contributed by atoms with Gasteiger partial charge >= 0.3 is 0 Å². The largest absolute Gasteiger partial charge is 0.345 e. The Balaban J connectivity index is 1.42. The molecule has 0 bridgehead atoms. The first-order valence-corrected chi connectivity index (χ1v) is 8.52. The number of nitrogens with zero attached hydrogens (tertiary/aromatic N) is 4. The summed E-state index contributed by atoms with van der Waals surface area (Å²) in [6.07, 6.45) is 2.88. The molecule has 26 heavy (non-hydrogen) atoms. The molecule has 1 aromatic carbocycles. The van der Waals surface area contributed by atoms with Crippen LogP contribution < -0.4 is 5.32 Å². The second-order valence-electron chi connectivity index (χ2n) is 6.58. The van der Waals surface area contributed by atoms with Crippen LogP contribution in [0.25, 0.3) is 5.65 Å². The van der Waals surface area contributed by atoms with E-state index < -0.39 is 0 Å². The molecule has 7 nitrogen and oxygen atoms in total. The molecule has 4 rings (SSSR count). The minimum absolute atomic E-state index is 0.0148. The fourth-order valence-electron chi connectivity index (χ4n) is 3.18. The quantitative estimate of drug-likeness (QED) is 0.778. The number of fused-ring (bicyclic) bond motifs is 1. The van der Waals surface area contributed by atoms with Gasteiger partial charge < -0.3 is 10.2 Å². The molecule has 2 amide bonds. The van der Waals surface area contributed by atoms with Crippen LogP contribution in [0.4, 0.5) is 5.69 Å². The third-order valence-electron chi connectivity index (χ3n) is 4.68. The number of hydrogen-bond acceptors (Lipinski definition) is 4. The lowest BCUT2D eigenvalue weighted by atomic mass is 10.1. The lowest BCUT2D eigenvalue weighted by molar-refractivity contribution is -0.127. The van der Waals surface area contributed by atoms with E-state index in [1.165, 1.54) is 0 Å². The zero-order valence-corrected chi connectivity index (χ0v) is 14.4. The number of pyridine rings is 1. The van der Waals surface area contributed by atoms with Gasteiger partial charge in [0.05, 0.1) is 5.92 Å². The van der Waals surface area contributed by atoms with Gasteiger partial charge in [-0.25, -0.2) is 0 Å².